The summed E-state index contributed by atoms with van der Waals surface area (Å²) < 4.78 is 5.78. The number of para-hydroxylation sites is 2. The van der Waals surface area contributed by atoms with Gasteiger partial charge in [-0.3, -0.25) is 9.59 Å². The second kappa shape index (κ2) is 11.7. The Hall–Kier alpha value is -3.80. The Morgan fingerprint density at radius 2 is 1.52 bits per heavy atom. The molecule has 33 heavy (non-hydrogen) atoms. The van der Waals surface area contributed by atoms with Crippen molar-refractivity contribution in [2.24, 2.45) is 5.92 Å². The molecule has 0 aliphatic heterocycles. The van der Waals surface area contributed by atoms with Gasteiger partial charge < -0.3 is 20.7 Å². The number of ether oxygens (including phenoxy) is 1. The van der Waals surface area contributed by atoms with Crippen LogP contribution in [0.3, 0.4) is 0 Å². The Morgan fingerprint density at radius 3 is 2.21 bits per heavy atom. The topological polar surface area (TPSA) is 79.5 Å². The molecule has 3 N–H and O–H groups in total. The second-order valence-corrected chi connectivity index (χ2v) is 8.29. The summed E-state index contributed by atoms with van der Waals surface area (Å²) in [6.07, 6.45) is 0. The molecule has 3 rings (SSSR count). The molecule has 3 aromatic rings. The summed E-state index contributed by atoms with van der Waals surface area (Å²) in [6, 6.07) is 24.2. The summed E-state index contributed by atoms with van der Waals surface area (Å²) in [5, 5.41) is 8.96. The van der Waals surface area contributed by atoms with Crippen LogP contribution in [-0.4, -0.2) is 25.0 Å². The molecule has 0 heterocycles. The smallest absolute Gasteiger partial charge is 0.251 e. The Bertz CT molecular complexity index is 1050. The van der Waals surface area contributed by atoms with Crippen molar-refractivity contribution in [1.29, 1.82) is 0 Å². The average Bonchev–Trinajstić information content (AvgIpc) is 2.83. The maximum atomic E-state index is 12.5. The van der Waals surface area contributed by atoms with Crippen molar-refractivity contribution in [3.05, 3.63) is 90.0 Å². The second-order valence-electron chi connectivity index (χ2n) is 8.29. The van der Waals surface area contributed by atoms with Gasteiger partial charge in [0.15, 0.2) is 0 Å². The van der Waals surface area contributed by atoms with Crippen LogP contribution in [-0.2, 0) is 4.79 Å². The van der Waals surface area contributed by atoms with E-state index in [1.165, 1.54) is 0 Å². The van der Waals surface area contributed by atoms with E-state index < -0.39 is 0 Å². The van der Waals surface area contributed by atoms with Crippen molar-refractivity contribution in [3.63, 3.8) is 0 Å². The van der Waals surface area contributed by atoms with Crippen LogP contribution in [0.15, 0.2) is 78.9 Å². The van der Waals surface area contributed by atoms with Gasteiger partial charge in [-0.1, -0.05) is 56.3 Å². The fraction of sp³-hybridized carbons (Fsp3) is 0.259. The normalized spacial score (nSPS) is 11.5. The van der Waals surface area contributed by atoms with E-state index in [1.54, 1.807) is 24.3 Å². The first kappa shape index (κ1) is 23.9. The summed E-state index contributed by atoms with van der Waals surface area (Å²) in [5.41, 5.74) is 3.00. The number of anilines is 2. The van der Waals surface area contributed by atoms with Crippen LogP contribution in [0, 0.1) is 5.92 Å². The molecule has 0 aromatic heterocycles. The number of carbonyl (C=O) groups is 2. The van der Waals surface area contributed by atoms with Gasteiger partial charge in [-0.05, 0) is 54.8 Å². The maximum Gasteiger partial charge on any atom is 0.251 e. The van der Waals surface area contributed by atoms with Gasteiger partial charge in [0.25, 0.3) is 5.91 Å². The number of hydrogen-bond acceptors (Lipinski definition) is 4. The van der Waals surface area contributed by atoms with Gasteiger partial charge >= 0.3 is 0 Å². The van der Waals surface area contributed by atoms with E-state index in [1.807, 2.05) is 61.5 Å². The van der Waals surface area contributed by atoms with Crippen LogP contribution in [0.2, 0.25) is 0 Å². The van der Waals surface area contributed by atoms with Crippen molar-refractivity contribution in [2.75, 3.05) is 23.8 Å². The third kappa shape index (κ3) is 7.38. The molecule has 6 nitrogen and oxygen atoms in total. The molecule has 0 saturated heterocycles. The monoisotopic (exact) mass is 445 g/mol. The highest BCUT2D eigenvalue weighted by atomic mass is 16.5. The molecule has 0 aliphatic rings. The first-order valence-electron chi connectivity index (χ1n) is 11.1. The highest BCUT2D eigenvalue weighted by Gasteiger charge is 2.12. The summed E-state index contributed by atoms with van der Waals surface area (Å²) in [5.74, 6) is 0.712. The van der Waals surface area contributed by atoms with Crippen molar-refractivity contribution >= 4 is 23.2 Å². The Morgan fingerprint density at radius 1 is 0.848 bits per heavy atom. The quantitative estimate of drug-likeness (QED) is 0.398. The fourth-order valence-electron chi connectivity index (χ4n) is 3.17. The summed E-state index contributed by atoms with van der Waals surface area (Å²) in [4.78, 5) is 24.9. The Kier molecular flexibility index (Phi) is 8.47. The number of hydrogen-bond donors (Lipinski definition) is 3. The van der Waals surface area contributed by atoms with Crippen LogP contribution in [0.4, 0.5) is 11.4 Å². The van der Waals surface area contributed by atoms with Crippen molar-refractivity contribution in [1.82, 2.24) is 5.32 Å². The van der Waals surface area contributed by atoms with E-state index in [4.69, 9.17) is 4.74 Å². The number of rotatable bonds is 10. The SMILES string of the molecule is CC(C)COc1ccccc1NC(=O)CNc1ccc(C(=O)NC(C)c2ccccc2)cc1. The minimum atomic E-state index is -0.186. The van der Waals surface area contributed by atoms with Gasteiger partial charge in [-0.25, -0.2) is 0 Å². The van der Waals surface area contributed by atoms with Crippen LogP contribution >= 0.6 is 0 Å². The summed E-state index contributed by atoms with van der Waals surface area (Å²) in [7, 11) is 0. The van der Waals surface area contributed by atoms with Crippen LogP contribution in [0.5, 0.6) is 5.75 Å². The zero-order chi connectivity index (χ0) is 23.6. The number of nitrogens with one attached hydrogen (secondary N) is 3. The highest BCUT2D eigenvalue weighted by molar-refractivity contribution is 5.96. The minimum absolute atomic E-state index is 0.0902. The van der Waals surface area contributed by atoms with E-state index >= 15 is 0 Å². The fourth-order valence-corrected chi connectivity index (χ4v) is 3.17. The lowest BCUT2D eigenvalue weighted by molar-refractivity contribution is -0.114. The Labute approximate surface area is 195 Å². The lowest BCUT2D eigenvalue weighted by Gasteiger charge is -2.15. The van der Waals surface area contributed by atoms with Crippen LogP contribution in [0.25, 0.3) is 0 Å². The van der Waals surface area contributed by atoms with E-state index in [0.29, 0.717) is 29.5 Å². The molecule has 1 unspecified atom stereocenters. The van der Waals surface area contributed by atoms with E-state index in [2.05, 4.69) is 29.8 Å². The van der Waals surface area contributed by atoms with E-state index in [9.17, 15) is 9.59 Å². The predicted octanol–water partition coefficient (Wildman–Crippen LogP) is 5.26. The third-order valence-electron chi connectivity index (χ3n) is 4.98. The molecule has 0 radical (unpaired) electrons. The molecule has 3 aromatic carbocycles. The van der Waals surface area contributed by atoms with Crippen molar-refractivity contribution in [3.8, 4) is 5.75 Å². The minimum Gasteiger partial charge on any atom is -0.491 e. The standard InChI is InChI=1S/C27H31N3O3/c1-19(2)18-33-25-12-8-7-11-24(25)30-26(31)17-28-23-15-13-22(14-16-23)27(32)29-20(3)21-9-5-4-6-10-21/h4-16,19-20,28H,17-18H2,1-3H3,(H,29,32)(H,30,31). The molecule has 0 spiro atoms. The van der Waals surface area contributed by atoms with Crippen LogP contribution in [0.1, 0.15) is 42.7 Å². The first-order valence-corrected chi connectivity index (χ1v) is 11.1. The molecule has 0 bridgehead atoms. The molecule has 2 amide bonds. The molecular weight excluding hydrogens is 414 g/mol. The zero-order valence-corrected chi connectivity index (χ0v) is 19.3. The lowest BCUT2D eigenvalue weighted by atomic mass is 10.1. The molecular formula is C27H31N3O3. The van der Waals surface area contributed by atoms with Gasteiger partial charge in [0.2, 0.25) is 5.91 Å². The maximum absolute atomic E-state index is 12.5. The van der Waals surface area contributed by atoms with Gasteiger partial charge in [-0.2, -0.15) is 0 Å². The first-order chi connectivity index (χ1) is 15.9. The third-order valence-corrected chi connectivity index (χ3v) is 4.98. The van der Waals surface area contributed by atoms with E-state index in [0.717, 1.165) is 11.3 Å². The van der Waals surface area contributed by atoms with Gasteiger partial charge in [-0.15, -0.1) is 0 Å². The lowest BCUT2D eigenvalue weighted by Crippen LogP contribution is -2.26. The molecule has 172 valence electrons. The molecule has 6 heteroatoms. The van der Waals surface area contributed by atoms with Gasteiger partial charge in [0, 0.05) is 11.3 Å². The number of amides is 2. The van der Waals surface area contributed by atoms with Gasteiger partial charge in [0.05, 0.1) is 24.9 Å². The highest BCUT2D eigenvalue weighted by Crippen LogP contribution is 2.24. The van der Waals surface area contributed by atoms with E-state index in [-0.39, 0.29) is 24.4 Å². The molecule has 1 atom stereocenters. The average molecular weight is 446 g/mol. The van der Waals surface area contributed by atoms with Crippen molar-refractivity contribution < 1.29 is 14.3 Å². The van der Waals surface area contributed by atoms with Crippen molar-refractivity contribution in [2.45, 2.75) is 26.8 Å². The molecule has 0 fully saturated rings. The number of carbonyl (C=O) groups excluding carboxylic acids is 2. The Balaban J connectivity index is 1.50. The molecule has 0 saturated carbocycles. The predicted molar refractivity (Wildman–Crippen MR) is 133 cm³/mol. The summed E-state index contributed by atoms with van der Waals surface area (Å²) in [6.45, 7) is 6.77. The number of benzene rings is 3. The van der Waals surface area contributed by atoms with Gasteiger partial charge in [0.1, 0.15) is 5.75 Å². The van der Waals surface area contributed by atoms with Crippen LogP contribution < -0.4 is 20.7 Å². The largest absolute Gasteiger partial charge is 0.491 e. The summed E-state index contributed by atoms with van der Waals surface area (Å²) >= 11 is 0. The molecule has 0 aliphatic carbocycles. The zero-order valence-electron chi connectivity index (χ0n) is 19.3.